The number of ether oxygens (including phenoxy) is 2. The monoisotopic (exact) mass is 638 g/mol. The zero-order valence-electron chi connectivity index (χ0n) is 25.4. The number of hydrogen-bond donors (Lipinski definition) is 0. The summed E-state index contributed by atoms with van der Waals surface area (Å²) in [6.45, 7) is 18.5. The maximum absolute atomic E-state index is 6.07. The van der Waals surface area contributed by atoms with Gasteiger partial charge in [-0.15, -0.1) is 0 Å². The quantitative estimate of drug-likeness (QED) is 0.261. The van der Waals surface area contributed by atoms with Crippen LogP contribution in [0, 0.1) is 0 Å². The third kappa shape index (κ3) is 10.4. The summed E-state index contributed by atoms with van der Waals surface area (Å²) in [5.74, 6) is 3.69. The minimum Gasteiger partial charge on any atom is -0.400 e. The molecule has 0 atom stereocenters. The molecular formula is C30H42BCl3N4O4. The summed E-state index contributed by atoms with van der Waals surface area (Å²) in [5, 5.41) is 1.77. The fourth-order valence-corrected chi connectivity index (χ4v) is 4.92. The van der Waals surface area contributed by atoms with Crippen molar-refractivity contribution in [2.75, 3.05) is 62.4 Å². The highest BCUT2D eigenvalue weighted by Crippen LogP contribution is 2.36. The third-order valence-corrected chi connectivity index (χ3v) is 7.80. The number of halogens is 3. The van der Waals surface area contributed by atoms with Crippen LogP contribution < -0.4 is 9.80 Å². The Morgan fingerprint density at radius 2 is 1.19 bits per heavy atom. The Balaban J connectivity index is 0.000000175. The van der Waals surface area contributed by atoms with Gasteiger partial charge in [0.05, 0.1) is 43.3 Å². The third-order valence-electron chi connectivity index (χ3n) is 7.17. The molecule has 5 rings (SSSR count). The largest absolute Gasteiger partial charge is 0.486 e. The van der Waals surface area contributed by atoms with Gasteiger partial charge in [0.2, 0.25) is 0 Å². The van der Waals surface area contributed by atoms with E-state index in [2.05, 4.69) is 47.5 Å². The van der Waals surface area contributed by atoms with Crippen LogP contribution in [-0.4, -0.2) is 80.9 Å². The molecule has 3 aliphatic heterocycles. The van der Waals surface area contributed by atoms with Crippen molar-refractivity contribution in [1.82, 2.24) is 9.97 Å². The molecular weight excluding hydrogens is 598 g/mol. The van der Waals surface area contributed by atoms with Gasteiger partial charge in [0.25, 0.3) is 0 Å². The van der Waals surface area contributed by atoms with Crippen molar-refractivity contribution in [3.8, 4) is 0 Å². The van der Waals surface area contributed by atoms with Crippen molar-refractivity contribution >= 4 is 59.6 Å². The molecule has 3 saturated heterocycles. The predicted octanol–water partition coefficient (Wildman–Crippen LogP) is 7.02. The Labute approximate surface area is 266 Å². The van der Waals surface area contributed by atoms with Gasteiger partial charge in [-0.05, 0) is 71.9 Å². The van der Waals surface area contributed by atoms with Crippen LogP contribution in [0.4, 0.5) is 11.6 Å². The maximum atomic E-state index is 6.07. The maximum Gasteiger partial charge on any atom is 0.486 e. The average Bonchev–Trinajstić information content (AvgIpc) is 3.15. The van der Waals surface area contributed by atoms with Crippen LogP contribution in [-0.2, 0) is 18.8 Å². The number of nitrogens with zero attached hydrogens (tertiary/aromatic N) is 4. The number of rotatable bonds is 4. The van der Waals surface area contributed by atoms with Gasteiger partial charge in [0.15, 0.2) is 0 Å². The summed E-state index contributed by atoms with van der Waals surface area (Å²) in [5.41, 5.74) is 0.477. The van der Waals surface area contributed by atoms with E-state index in [1.54, 1.807) is 6.07 Å². The van der Waals surface area contributed by atoms with E-state index in [-0.39, 0.29) is 18.3 Å². The van der Waals surface area contributed by atoms with Gasteiger partial charge in [-0.1, -0.05) is 52.9 Å². The van der Waals surface area contributed by atoms with Gasteiger partial charge in [0, 0.05) is 36.2 Å². The van der Waals surface area contributed by atoms with Crippen LogP contribution in [0.25, 0.3) is 6.08 Å². The summed E-state index contributed by atoms with van der Waals surface area (Å²) >= 11 is 17.8. The summed E-state index contributed by atoms with van der Waals surface area (Å²) in [6.07, 6.45) is 5.86. The molecule has 2 aromatic rings. The number of pyridine rings is 2. The van der Waals surface area contributed by atoms with E-state index in [0.29, 0.717) is 10.2 Å². The van der Waals surface area contributed by atoms with Gasteiger partial charge in [-0.25, -0.2) is 9.97 Å². The first-order valence-electron chi connectivity index (χ1n) is 14.2. The van der Waals surface area contributed by atoms with Crippen LogP contribution in [0.5, 0.6) is 0 Å². The Morgan fingerprint density at radius 3 is 1.64 bits per heavy atom. The average molecular weight is 640 g/mol. The lowest BCUT2D eigenvalue weighted by atomic mass is 9.90. The first-order valence-corrected chi connectivity index (χ1v) is 15.3. The predicted molar refractivity (Wildman–Crippen MR) is 175 cm³/mol. The van der Waals surface area contributed by atoms with Crippen LogP contribution in [0.3, 0.4) is 0 Å². The van der Waals surface area contributed by atoms with Crippen molar-refractivity contribution < 1.29 is 18.8 Å². The summed E-state index contributed by atoms with van der Waals surface area (Å²) in [7, 11) is -0.181. The fraction of sp³-hybridized carbons (Fsp3) is 0.533. The molecule has 3 fully saturated rings. The van der Waals surface area contributed by atoms with E-state index in [4.69, 9.17) is 53.6 Å². The molecule has 0 spiro atoms. The molecule has 3 aliphatic rings. The second-order valence-corrected chi connectivity index (χ2v) is 12.1. The molecule has 5 heterocycles. The standard InChI is InChI=1S/C12H15ClN2O.C9H17BO2.C9H10Cl2N2O/c1-2-3-11-8-10(13)9-12(14-11)15-4-6-16-7-5-15;1-6-7-10-11-8(2,3)9(4,5)12-10;10-7-5-8(11)12-9(6-7)13-1-3-14-4-2-13/h2-3,8-9H,4-7H2,1H3;6-7H,1-5H3;5-6H,1-4H2/b3-2+;7-6+;. The highest BCUT2D eigenvalue weighted by Gasteiger charge is 2.49. The molecule has 2 aromatic heterocycles. The molecule has 0 bridgehead atoms. The SMILES string of the molecule is C/C=C/B1OC(C)(C)C(C)(C)O1.C/C=C/c1cc(Cl)cc(N2CCOCC2)n1.Clc1cc(Cl)nc(N2CCOCC2)c1. The Kier molecular flexibility index (Phi) is 13.4. The highest BCUT2D eigenvalue weighted by atomic mass is 35.5. The molecule has 0 radical (unpaired) electrons. The summed E-state index contributed by atoms with van der Waals surface area (Å²) in [4.78, 5) is 13.1. The van der Waals surface area contributed by atoms with Gasteiger partial charge in [0.1, 0.15) is 16.8 Å². The molecule has 0 aliphatic carbocycles. The molecule has 12 heteroatoms. The number of morpholine rings is 2. The minimum atomic E-state index is -0.211. The van der Waals surface area contributed by atoms with Crippen molar-refractivity contribution in [2.45, 2.75) is 52.7 Å². The molecule has 8 nitrogen and oxygen atoms in total. The number of allylic oxidation sites excluding steroid dienone is 2. The van der Waals surface area contributed by atoms with Crippen LogP contribution in [0.15, 0.2) is 42.4 Å². The van der Waals surface area contributed by atoms with E-state index >= 15 is 0 Å². The molecule has 0 N–H and O–H groups in total. The number of aromatic nitrogens is 2. The van der Waals surface area contributed by atoms with Crippen LogP contribution in [0.2, 0.25) is 15.2 Å². The van der Waals surface area contributed by atoms with E-state index < -0.39 is 0 Å². The van der Waals surface area contributed by atoms with E-state index in [1.165, 1.54) is 0 Å². The van der Waals surface area contributed by atoms with Gasteiger partial charge >= 0.3 is 7.12 Å². The molecule has 230 valence electrons. The van der Waals surface area contributed by atoms with E-state index in [9.17, 15) is 0 Å². The van der Waals surface area contributed by atoms with Crippen LogP contribution >= 0.6 is 34.8 Å². The Morgan fingerprint density at radius 1 is 0.714 bits per heavy atom. The topological polar surface area (TPSA) is 69.2 Å². The first-order chi connectivity index (χ1) is 19.9. The van der Waals surface area contributed by atoms with E-state index in [1.807, 2.05) is 56.3 Å². The van der Waals surface area contributed by atoms with E-state index in [0.717, 1.165) is 75.0 Å². The summed E-state index contributed by atoms with van der Waals surface area (Å²) < 4.78 is 21.9. The summed E-state index contributed by atoms with van der Waals surface area (Å²) in [6, 6.07) is 7.22. The smallest absolute Gasteiger partial charge is 0.400 e. The minimum absolute atomic E-state index is 0.181. The lowest BCUT2D eigenvalue weighted by Gasteiger charge is -2.32. The van der Waals surface area contributed by atoms with Gasteiger partial charge in [-0.2, -0.15) is 0 Å². The van der Waals surface area contributed by atoms with Crippen molar-refractivity contribution in [3.63, 3.8) is 0 Å². The first kappa shape index (κ1) is 34.6. The zero-order valence-corrected chi connectivity index (χ0v) is 27.7. The Bertz CT molecular complexity index is 1170. The van der Waals surface area contributed by atoms with Crippen molar-refractivity contribution in [3.05, 3.63) is 63.3 Å². The van der Waals surface area contributed by atoms with Gasteiger partial charge < -0.3 is 28.6 Å². The molecule has 42 heavy (non-hydrogen) atoms. The second-order valence-electron chi connectivity index (χ2n) is 10.9. The lowest BCUT2D eigenvalue weighted by molar-refractivity contribution is 0.00578. The number of anilines is 2. The molecule has 0 amide bonds. The Hall–Kier alpha value is -1.85. The zero-order chi connectivity index (χ0) is 30.8. The molecule has 0 unspecified atom stereocenters. The van der Waals surface area contributed by atoms with Crippen LogP contribution in [0.1, 0.15) is 47.2 Å². The highest BCUT2D eigenvalue weighted by molar-refractivity contribution is 6.51. The molecule has 0 saturated carbocycles. The molecule has 0 aromatic carbocycles. The number of hydrogen-bond acceptors (Lipinski definition) is 8. The van der Waals surface area contributed by atoms with Crippen molar-refractivity contribution in [2.24, 2.45) is 0 Å². The fourth-order valence-electron chi connectivity index (χ4n) is 4.25. The van der Waals surface area contributed by atoms with Crippen molar-refractivity contribution in [1.29, 1.82) is 0 Å². The normalized spacial score (nSPS) is 19.9. The lowest BCUT2D eigenvalue weighted by Crippen LogP contribution is -2.41. The second kappa shape index (κ2) is 16.3. The van der Waals surface area contributed by atoms with Gasteiger partial charge in [-0.3, -0.25) is 0 Å².